The number of ketones is 2. The van der Waals surface area contributed by atoms with Gasteiger partial charge in [0.25, 0.3) is 0 Å². The highest BCUT2D eigenvalue weighted by atomic mass is 16.3. The molecule has 6 N–H and O–H groups in total. The van der Waals surface area contributed by atoms with Gasteiger partial charge in [-0.2, -0.15) is 0 Å². The van der Waals surface area contributed by atoms with Gasteiger partial charge in [0, 0.05) is 18.3 Å². The number of hydrogen-bond acceptors (Lipinski definition) is 6. The van der Waals surface area contributed by atoms with Crippen LogP contribution >= 0.6 is 0 Å². The Morgan fingerprint density at radius 3 is 2.07 bits per heavy atom. The van der Waals surface area contributed by atoms with Crippen LogP contribution in [0, 0.1) is 11.8 Å². The fraction of sp³-hybridized carbons (Fsp3) is 0.591. The quantitative estimate of drug-likeness (QED) is 0.388. The molecule has 0 spiro atoms. The largest absolute Gasteiger partial charge is 0.393 e. The number of carbonyl (C=O) groups is 3. The number of amides is 1. The second kappa shape index (κ2) is 12.5. The minimum absolute atomic E-state index is 0.121. The summed E-state index contributed by atoms with van der Waals surface area (Å²) in [5, 5.41) is 12.8. The third kappa shape index (κ3) is 7.68. The van der Waals surface area contributed by atoms with Crippen LogP contribution in [0.1, 0.15) is 51.5 Å². The Morgan fingerprint density at radius 2 is 1.59 bits per heavy atom. The van der Waals surface area contributed by atoms with Crippen LogP contribution in [0.4, 0.5) is 0 Å². The van der Waals surface area contributed by atoms with Gasteiger partial charge in [-0.3, -0.25) is 14.4 Å². The zero-order chi connectivity index (χ0) is 22.0. The van der Waals surface area contributed by atoms with Crippen molar-refractivity contribution in [1.29, 1.82) is 0 Å². The first-order chi connectivity index (χ1) is 13.7. The molecule has 0 aliphatic carbocycles. The van der Waals surface area contributed by atoms with E-state index in [2.05, 4.69) is 5.32 Å². The summed E-state index contributed by atoms with van der Waals surface area (Å²) in [6.07, 6.45) is -0.406. The highest BCUT2D eigenvalue weighted by Crippen LogP contribution is 2.25. The number of aliphatic hydroxyl groups is 1. The van der Waals surface area contributed by atoms with Gasteiger partial charge >= 0.3 is 0 Å². The van der Waals surface area contributed by atoms with E-state index < -0.39 is 29.9 Å². The summed E-state index contributed by atoms with van der Waals surface area (Å²) in [5.74, 6) is -2.44. The predicted molar refractivity (Wildman–Crippen MR) is 113 cm³/mol. The number of hydrogen-bond donors (Lipinski definition) is 4. The van der Waals surface area contributed by atoms with Gasteiger partial charge in [-0.1, -0.05) is 44.2 Å². The molecule has 4 atom stereocenters. The Balaban J connectivity index is 2.96. The third-order valence-electron chi connectivity index (χ3n) is 5.07. The summed E-state index contributed by atoms with van der Waals surface area (Å²) < 4.78 is 0. The van der Waals surface area contributed by atoms with E-state index in [0.29, 0.717) is 19.4 Å². The molecule has 0 radical (unpaired) electrons. The van der Waals surface area contributed by atoms with Crippen molar-refractivity contribution in [3.63, 3.8) is 0 Å². The molecule has 1 rings (SSSR count). The van der Waals surface area contributed by atoms with Crippen molar-refractivity contribution >= 4 is 17.5 Å². The minimum atomic E-state index is -1.04. The molecule has 7 heteroatoms. The molecule has 7 nitrogen and oxygen atoms in total. The number of Topliss-reactive ketones (excluding diaryl/α,β-unsaturated/α-hetero) is 2. The standard InChI is InChI=1S/C22H35N3O4/c1-14(2)21(28)19(10-12-24)25-22(29)18(15(3)26)13-20(27)17(9-11-23)16-7-5-4-6-8-16/h4-8,14-15,17-19,26H,9-13,23-24H2,1-3H3,(H,25,29)/t15?,17?,18-,19-/m0/s1. The molecule has 1 aromatic carbocycles. The SMILES string of the molecule is CC(C)C(=O)[C@H](CCN)NC(=O)[C@@H](CC(=O)C(CCN)c1ccccc1)C(C)O. The number of carbonyl (C=O) groups excluding carboxylic acids is 3. The van der Waals surface area contributed by atoms with Gasteiger partial charge in [-0.15, -0.1) is 0 Å². The highest BCUT2D eigenvalue weighted by Gasteiger charge is 2.32. The van der Waals surface area contributed by atoms with Gasteiger partial charge in [0.1, 0.15) is 5.78 Å². The molecule has 0 heterocycles. The number of nitrogens with one attached hydrogen (secondary N) is 1. The van der Waals surface area contributed by atoms with Crippen LogP contribution in [0.15, 0.2) is 30.3 Å². The molecule has 162 valence electrons. The number of aliphatic hydroxyl groups excluding tert-OH is 1. The van der Waals surface area contributed by atoms with Crippen molar-refractivity contribution < 1.29 is 19.5 Å². The molecule has 0 saturated carbocycles. The summed E-state index contributed by atoms with van der Waals surface area (Å²) in [6, 6.07) is 8.54. The predicted octanol–water partition coefficient (Wildman–Crippen LogP) is 1.13. The average Bonchev–Trinajstić information content (AvgIpc) is 2.69. The van der Waals surface area contributed by atoms with Crippen molar-refractivity contribution in [1.82, 2.24) is 5.32 Å². The number of rotatable bonds is 13. The van der Waals surface area contributed by atoms with Crippen molar-refractivity contribution in [2.75, 3.05) is 13.1 Å². The second-order valence-electron chi connectivity index (χ2n) is 7.75. The molecule has 0 bridgehead atoms. The Kier molecular flexibility index (Phi) is 10.7. The van der Waals surface area contributed by atoms with Crippen LogP contribution in [0.5, 0.6) is 0 Å². The van der Waals surface area contributed by atoms with E-state index in [0.717, 1.165) is 5.56 Å². The lowest BCUT2D eigenvalue weighted by Crippen LogP contribution is -2.48. The molecule has 0 aromatic heterocycles. The van der Waals surface area contributed by atoms with Crippen LogP contribution in [0.3, 0.4) is 0 Å². The summed E-state index contributed by atoms with van der Waals surface area (Å²) in [7, 11) is 0. The first-order valence-electron chi connectivity index (χ1n) is 10.2. The van der Waals surface area contributed by atoms with Crippen molar-refractivity contribution in [2.45, 2.75) is 58.1 Å². The lowest BCUT2D eigenvalue weighted by atomic mass is 9.85. The third-order valence-corrected chi connectivity index (χ3v) is 5.07. The Bertz CT molecular complexity index is 661. The zero-order valence-electron chi connectivity index (χ0n) is 17.6. The van der Waals surface area contributed by atoms with E-state index in [1.54, 1.807) is 13.8 Å². The van der Waals surface area contributed by atoms with E-state index in [1.807, 2.05) is 30.3 Å². The van der Waals surface area contributed by atoms with E-state index in [1.165, 1.54) is 6.92 Å². The first-order valence-corrected chi connectivity index (χ1v) is 10.2. The summed E-state index contributed by atoms with van der Waals surface area (Å²) in [4.78, 5) is 38.1. The Labute approximate surface area is 173 Å². The van der Waals surface area contributed by atoms with E-state index in [-0.39, 0.29) is 30.4 Å². The summed E-state index contributed by atoms with van der Waals surface area (Å²) in [6.45, 7) is 5.56. The Hall–Kier alpha value is -2.09. The summed E-state index contributed by atoms with van der Waals surface area (Å²) >= 11 is 0. The van der Waals surface area contributed by atoms with Gasteiger partial charge in [-0.05, 0) is 38.4 Å². The monoisotopic (exact) mass is 405 g/mol. The number of nitrogens with two attached hydrogens (primary N) is 2. The van der Waals surface area contributed by atoms with Gasteiger partial charge in [0.05, 0.1) is 18.1 Å². The van der Waals surface area contributed by atoms with Gasteiger partial charge in [-0.25, -0.2) is 0 Å². The molecule has 0 aliphatic rings. The highest BCUT2D eigenvalue weighted by molar-refractivity contribution is 5.94. The maximum Gasteiger partial charge on any atom is 0.226 e. The molecular formula is C22H35N3O4. The van der Waals surface area contributed by atoms with Crippen LogP contribution in [-0.4, -0.2) is 47.8 Å². The van der Waals surface area contributed by atoms with E-state index >= 15 is 0 Å². The summed E-state index contributed by atoms with van der Waals surface area (Å²) in [5.41, 5.74) is 12.1. The Morgan fingerprint density at radius 1 is 1.00 bits per heavy atom. The van der Waals surface area contributed by atoms with Crippen LogP contribution in [0.25, 0.3) is 0 Å². The lowest BCUT2D eigenvalue weighted by Gasteiger charge is -2.25. The molecule has 0 aliphatic heterocycles. The normalized spacial score (nSPS) is 15.4. The number of benzene rings is 1. The molecule has 0 fully saturated rings. The molecular weight excluding hydrogens is 370 g/mol. The average molecular weight is 406 g/mol. The smallest absolute Gasteiger partial charge is 0.226 e. The van der Waals surface area contributed by atoms with Gasteiger partial charge in [0.2, 0.25) is 5.91 Å². The van der Waals surface area contributed by atoms with Crippen LogP contribution < -0.4 is 16.8 Å². The van der Waals surface area contributed by atoms with Gasteiger partial charge < -0.3 is 21.9 Å². The zero-order valence-corrected chi connectivity index (χ0v) is 17.6. The second-order valence-corrected chi connectivity index (χ2v) is 7.75. The van der Waals surface area contributed by atoms with E-state index in [4.69, 9.17) is 11.5 Å². The minimum Gasteiger partial charge on any atom is -0.393 e. The fourth-order valence-electron chi connectivity index (χ4n) is 3.34. The maximum atomic E-state index is 13.0. The molecule has 2 unspecified atom stereocenters. The van der Waals surface area contributed by atoms with Gasteiger partial charge in [0.15, 0.2) is 5.78 Å². The van der Waals surface area contributed by atoms with Crippen molar-refractivity contribution in [3.8, 4) is 0 Å². The molecule has 1 aromatic rings. The topological polar surface area (TPSA) is 136 Å². The first kappa shape index (κ1) is 24.9. The maximum absolute atomic E-state index is 13.0. The van der Waals surface area contributed by atoms with Crippen molar-refractivity contribution in [3.05, 3.63) is 35.9 Å². The molecule has 1 amide bonds. The fourth-order valence-corrected chi connectivity index (χ4v) is 3.34. The van der Waals surface area contributed by atoms with Crippen LogP contribution in [-0.2, 0) is 14.4 Å². The van der Waals surface area contributed by atoms with Crippen LogP contribution in [0.2, 0.25) is 0 Å². The molecule has 29 heavy (non-hydrogen) atoms. The van der Waals surface area contributed by atoms with Crippen molar-refractivity contribution in [2.24, 2.45) is 23.3 Å². The van der Waals surface area contributed by atoms with E-state index in [9.17, 15) is 19.5 Å². The lowest BCUT2D eigenvalue weighted by molar-refractivity contribution is -0.136. The molecule has 0 saturated heterocycles.